The summed E-state index contributed by atoms with van der Waals surface area (Å²) in [4.78, 5) is 3.45. The Labute approximate surface area is 151 Å². The third kappa shape index (κ3) is 3.70. The van der Waals surface area contributed by atoms with Gasteiger partial charge >= 0.3 is 6.36 Å². The summed E-state index contributed by atoms with van der Waals surface area (Å²) in [5.74, 6) is -0.918. The highest BCUT2D eigenvalue weighted by Crippen LogP contribution is 2.31. The monoisotopic (exact) mass is 405 g/mol. The first kappa shape index (κ1) is 18.3. The van der Waals surface area contributed by atoms with Crippen LogP contribution in [0.1, 0.15) is 0 Å². The molecule has 11 heteroatoms. The molecule has 0 aliphatic rings. The molecule has 3 aromatic rings. The van der Waals surface area contributed by atoms with Gasteiger partial charge < -0.3 is 9.30 Å². The number of fused-ring (bicyclic) bond motifs is 1. The van der Waals surface area contributed by atoms with Gasteiger partial charge in [0, 0.05) is 12.1 Å². The summed E-state index contributed by atoms with van der Waals surface area (Å²) in [6, 6.07) is 9.22. The number of anilines is 1. The number of aromatic nitrogens is 2. The summed E-state index contributed by atoms with van der Waals surface area (Å²) in [5.41, 5.74) is 1.02. The number of alkyl halides is 3. The molecule has 26 heavy (non-hydrogen) atoms. The molecule has 0 spiro atoms. The minimum atomic E-state index is -5.03. The second kappa shape index (κ2) is 6.36. The van der Waals surface area contributed by atoms with Crippen LogP contribution in [0.3, 0.4) is 0 Å². The molecule has 1 aromatic heterocycles. The van der Waals surface area contributed by atoms with Gasteiger partial charge in [-0.05, 0) is 30.3 Å². The van der Waals surface area contributed by atoms with Crippen molar-refractivity contribution < 1.29 is 26.3 Å². The number of nitrogens with one attached hydrogen (secondary N) is 1. The smallest absolute Gasteiger partial charge is 0.404 e. The van der Waals surface area contributed by atoms with Crippen molar-refractivity contribution in [1.29, 1.82) is 0 Å². The summed E-state index contributed by atoms with van der Waals surface area (Å²) in [6.07, 6.45) is -5.03. The van der Waals surface area contributed by atoms with Gasteiger partial charge in [-0.3, -0.25) is 0 Å². The van der Waals surface area contributed by atoms with Gasteiger partial charge in [0.15, 0.2) is 0 Å². The van der Waals surface area contributed by atoms with Crippen LogP contribution in [0.2, 0.25) is 5.02 Å². The number of rotatable bonds is 4. The molecular formula is C15H11ClF3N3O3S. The van der Waals surface area contributed by atoms with Gasteiger partial charge in [-0.15, -0.1) is 13.2 Å². The number of benzene rings is 2. The highest BCUT2D eigenvalue weighted by atomic mass is 35.5. The summed E-state index contributed by atoms with van der Waals surface area (Å²) in [6.45, 7) is 0. The number of para-hydroxylation sites is 1. The topological polar surface area (TPSA) is 73.2 Å². The van der Waals surface area contributed by atoms with E-state index in [0.29, 0.717) is 16.1 Å². The second-order valence-electron chi connectivity index (χ2n) is 5.23. The third-order valence-corrected chi connectivity index (χ3v) is 5.04. The standard InChI is InChI=1S/C15H11ClF3N3O3S/c1-22-11-7-6-9(16)8-10(11)20-14(22)21-26(23,24)13-5-3-2-4-12(13)25-15(17,18)19/h2-8H,1H3,(H,20,21). The number of sulfonamides is 1. The molecule has 1 N–H and O–H groups in total. The Hall–Kier alpha value is -2.46. The lowest BCUT2D eigenvalue weighted by molar-refractivity contribution is -0.275. The molecule has 1 heterocycles. The van der Waals surface area contributed by atoms with Crippen molar-refractivity contribution in [3.63, 3.8) is 0 Å². The SMILES string of the molecule is Cn1c(NS(=O)(=O)c2ccccc2OC(F)(F)F)nc2cc(Cl)ccc21. The Morgan fingerprint density at radius 1 is 1.19 bits per heavy atom. The van der Waals surface area contributed by atoms with Crippen LogP contribution in [0.4, 0.5) is 19.1 Å². The first-order chi connectivity index (χ1) is 12.1. The predicted molar refractivity (Wildman–Crippen MR) is 89.7 cm³/mol. The fourth-order valence-corrected chi connectivity index (χ4v) is 3.65. The molecule has 2 aromatic carbocycles. The van der Waals surface area contributed by atoms with Gasteiger partial charge in [0.25, 0.3) is 10.0 Å². The van der Waals surface area contributed by atoms with Crippen molar-refractivity contribution in [3.8, 4) is 5.75 Å². The summed E-state index contributed by atoms with van der Waals surface area (Å²) in [5, 5.41) is 0.411. The first-order valence-corrected chi connectivity index (χ1v) is 8.92. The molecule has 0 amide bonds. The molecule has 3 rings (SSSR count). The van der Waals surface area contributed by atoms with Crippen molar-refractivity contribution in [3.05, 3.63) is 47.5 Å². The van der Waals surface area contributed by atoms with Gasteiger partial charge in [0.2, 0.25) is 5.95 Å². The van der Waals surface area contributed by atoms with Crippen LogP contribution in [0.5, 0.6) is 5.75 Å². The predicted octanol–water partition coefficient (Wildman–Crippen LogP) is 3.93. The number of hydrogen-bond acceptors (Lipinski definition) is 4. The minimum Gasteiger partial charge on any atom is -0.404 e. The average molecular weight is 406 g/mol. The molecule has 0 bridgehead atoms. The highest BCUT2D eigenvalue weighted by Gasteiger charge is 2.34. The zero-order valence-electron chi connectivity index (χ0n) is 13.1. The van der Waals surface area contributed by atoms with Crippen LogP contribution in [-0.2, 0) is 17.1 Å². The number of hydrogen-bond donors (Lipinski definition) is 1. The Balaban J connectivity index is 2.02. The lowest BCUT2D eigenvalue weighted by Crippen LogP contribution is -2.21. The van der Waals surface area contributed by atoms with Gasteiger partial charge in [0.05, 0.1) is 11.0 Å². The van der Waals surface area contributed by atoms with Crippen LogP contribution in [0.25, 0.3) is 11.0 Å². The maximum Gasteiger partial charge on any atom is 0.573 e. The van der Waals surface area contributed by atoms with E-state index in [1.165, 1.54) is 22.8 Å². The number of nitrogens with zero attached hydrogens (tertiary/aromatic N) is 2. The molecule has 0 aliphatic heterocycles. The highest BCUT2D eigenvalue weighted by molar-refractivity contribution is 7.92. The average Bonchev–Trinajstić information content (AvgIpc) is 2.81. The van der Waals surface area contributed by atoms with E-state index in [2.05, 4.69) is 14.4 Å². The number of aryl methyl sites for hydroxylation is 1. The molecule has 0 atom stereocenters. The fraction of sp³-hybridized carbons (Fsp3) is 0.133. The van der Waals surface area contributed by atoms with Crippen molar-refractivity contribution in [2.45, 2.75) is 11.3 Å². The number of halogens is 4. The maximum atomic E-state index is 12.6. The quantitative estimate of drug-likeness (QED) is 0.714. The Morgan fingerprint density at radius 3 is 2.58 bits per heavy atom. The molecule has 0 saturated carbocycles. The van der Waals surface area contributed by atoms with Gasteiger partial charge in [0.1, 0.15) is 10.6 Å². The molecule has 0 radical (unpaired) electrons. The summed E-state index contributed by atoms with van der Waals surface area (Å²) in [7, 11) is -2.83. The second-order valence-corrected chi connectivity index (χ2v) is 7.31. The van der Waals surface area contributed by atoms with Crippen molar-refractivity contribution in [2.75, 3.05) is 4.72 Å². The van der Waals surface area contributed by atoms with E-state index in [1.807, 2.05) is 0 Å². The maximum absolute atomic E-state index is 12.6. The van der Waals surface area contributed by atoms with Crippen LogP contribution >= 0.6 is 11.6 Å². The van der Waals surface area contributed by atoms with E-state index < -0.39 is 27.0 Å². The van der Waals surface area contributed by atoms with Crippen LogP contribution in [-0.4, -0.2) is 24.3 Å². The van der Waals surface area contributed by atoms with Crippen LogP contribution in [0, 0.1) is 0 Å². The lowest BCUT2D eigenvalue weighted by atomic mass is 10.3. The van der Waals surface area contributed by atoms with Gasteiger partial charge in [-0.2, -0.15) is 0 Å². The normalized spacial score (nSPS) is 12.3. The molecule has 6 nitrogen and oxygen atoms in total. The molecule has 0 fully saturated rings. The van der Waals surface area contributed by atoms with E-state index in [0.717, 1.165) is 12.1 Å². The van der Waals surface area contributed by atoms with Crippen molar-refractivity contribution >= 4 is 38.6 Å². The van der Waals surface area contributed by atoms with Gasteiger partial charge in [-0.1, -0.05) is 23.7 Å². The van der Waals surface area contributed by atoms with E-state index in [-0.39, 0.29) is 5.95 Å². The van der Waals surface area contributed by atoms with E-state index in [9.17, 15) is 21.6 Å². The summed E-state index contributed by atoms with van der Waals surface area (Å²) < 4.78 is 70.1. The van der Waals surface area contributed by atoms with E-state index in [1.54, 1.807) is 19.2 Å². The molecule has 0 aliphatic carbocycles. The third-order valence-electron chi connectivity index (χ3n) is 3.43. The molecule has 0 unspecified atom stereocenters. The number of ether oxygens (including phenoxy) is 1. The fourth-order valence-electron chi connectivity index (χ4n) is 2.32. The minimum absolute atomic E-state index is 0.0796. The lowest BCUT2D eigenvalue weighted by Gasteiger charge is -2.14. The number of imidazole rings is 1. The van der Waals surface area contributed by atoms with Crippen molar-refractivity contribution in [1.82, 2.24) is 9.55 Å². The van der Waals surface area contributed by atoms with Crippen LogP contribution in [0.15, 0.2) is 47.4 Å². The molecular weight excluding hydrogens is 395 g/mol. The van der Waals surface area contributed by atoms with Crippen LogP contribution < -0.4 is 9.46 Å². The zero-order valence-corrected chi connectivity index (χ0v) is 14.7. The largest absolute Gasteiger partial charge is 0.573 e. The molecule has 0 saturated heterocycles. The summed E-state index contributed by atoms with van der Waals surface area (Å²) >= 11 is 5.88. The van der Waals surface area contributed by atoms with E-state index in [4.69, 9.17) is 11.6 Å². The Bertz CT molecular complexity index is 1080. The first-order valence-electron chi connectivity index (χ1n) is 7.06. The zero-order chi connectivity index (χ0) is 19.1. The molecule has 138 valence electrons. The Morgan fingerprint density at radius 2 is 1.88 bits per heavy atom. The van der Waals surface area contributed by atoms with E-state index >= 15 is 0 Å². The van der Waals surface area contributed by atoms with Gasteiger partial charge in [-0.25, -0.2) is 18.1 Å². The van der Waals surface area contributed by atoms with Crippen molar-refractivity contribution in [2.24, 2.45) is 7.05 Å². The Kier molecular flexibility index (Phi) is 4.49.